The second-order valence-corrected chi connectivity index (χ2v) is 18.3. The van der Waals surface area contributed by atoms with Crippen LogP contribution in [0.15, 0.2) is 93.9 Å². The maximum atomic E-state index is 9.18. The molecule has 3 heterocycles. The highest BCUT2D eigenvalue weighted by atomic mass is 79.9. The molecule has 9 rings (SSSR count). The molecule has 290 valence electrons. The molecule has 6 aromatic rings. The lowest BCUT2D eigenvalue weighted by molar-refractivity contribution is 0.00578. The summed E-state index contributed by atoms with van der Waals surface area (Å²) in [6.07, 6.45) is 6.94. The van der Waals surface area contributed by atoms with E-state index in [1.165, 1.54) is 62.7 Å². The predicted molar refractivity (Wildman–Crippen MR) is 235 cm³/mol. The van der Waals surface area contributed by atoms with Gasteiger partial charge in [0.2, 0.25) is 0 Å². The molecule has 2 aromatic heterocycles. The van der Waals surface area contributed by atoms with E-state index >= 15 is 0 Å². The van der Waals surface area contributed by atoms with Crippen LogP contribution in [0.25, 0.3) is 21.8 Å². The molecular weight excluding hydrogens is 830 g/mol. The molecule has 3 aliphatic rings. The maximum absolute atomic E-state index is 9.18. The molecule has 1 aliphatic heterocycles. The van der Waals surface area contributed by atoms with E-state index < -0.39 is 7.12 Å². The summed E-state index contributed by atoms with van der Waals surface area (Å²) in [6, 6.07) is 29.6. The van der Waals surface area contributed by atoms with Crippen molar-refractivity contribution in [3.63, 3.8) is 0 Å². The van der Waals surface area contributed by atoms with Crippen LogP contribution in [-0.2, 0) is 35.2 Å². The molecule has 12 heteroatoms. The van der Waals surface area contributed by atoms with Crippen molar-refractivity contribution in [2.24, 2.45) is 0 Å². The van der Waals surface area contributed by atoms with Gasteiger partial charge in [-0.3, -0.25) is 0 Å². The van der Waals surface area contributed by atoms with Gasteiger partial charge in [-0.15, -0.1) is 0 Å². The Morgan fingerprint density at radius 3 is 1.57 bits per heavy atom. The fraction of sp³-hybridized carbons (Fsp3) is 0.364. The van der Waals surface area contributed by atoms with Crippen molar-refractivity contribution in [1.82, 2.24) is 20.6 Å². The first-order chi connectivity index (χ1) is 26.8. The summed E-state index contributed by atoms with van der Waals surface area (Å²) in [6.45, 7) is 9.95. The molecule has 1 fully saturated rings. The van der Waals surface area contributed by atoms with Crippen LogP contribution in [0, 0.1) is 0 Å². The highest BCUT2D eigenvalue weighted by Gasteiger charge is 2.51. The van der Waals surface area contributed by atoms with E-state index in [1.54, 1.807) is 12.1 Å². The van der Waals surface area contributed by atoms with E-state index in [0.29, 0.717) is 17.5 Å². The Labute approximate surface area is 347 Å². The molecule has 0 bridgehead atoms. The average Bonchev–Trinajstić information content (AvgIpc) is 3.81. The number of rotatable bonds is 8. The number of aryl methyl sites for hydroxylation is 2. The van der Waals surface area contributed by atoms with E-state index in [1.807, 2.05) is 12.1 Å². The zero-order chi connectivity index (χ0) is 39.2. The van der Waals surface area contributed by atoms with Gasteiger partial charge in [0.05, 0.1) is 11.2 Å². The van der Waals surface area contributed by atoms with Crippen LogP contribution in [0.1, 0.15) is 99.1 Å². The third-order valence-electron chi connectivity index (χ3n) is 12.2. The van der Waals surface area contributed by atoms with Gasteiger partial charge in [-0.05, 0) is 136 Å². The molecule has 4 aromatic carbocycles. The Bertz CT molecular complexity index is 2310. The Kier molecular flexibility index (Phi) is 11.5. The fourth-order valence-corrected chi connectivity index (χ4v) is 9.06. The molecule has 0 unspecified atom stereocenters. The first-order valence-corrected chi connectivity index (χ1v) is 21.4. The monoisotopic (exact) mass is 878 g/mol. The molecule has 56 heavy (non-hydrogen) atoms. The molecule has 0 radical (unpaired) electrons. The first-order valence-electron chi connectivity index (χ1n) is 19.8. The van der Waals surface area contributed by atoms with Crippen LogP contribution in [0.3, 0.4) is 0 Å². The van der Waals surface area contributed by atoms with Gasteiger partial charge in [0, 0.05) is 67.3 Å². The number of nitrogens with one attached hydrogen (secondary N) is 4. The third-order valence-corrected chi connectivity index (χ3v) is 13.2. The second kappa shape index (κ2) is 16.2. The SMILES string of the molecule is CC1(C)OB(c2ccc(CN[C@@H]3CCCc4c3[nH]c3ccc(Br)cc43)cc2)OC1(C)C.OB(O)c1ccc(CN[C@@H]2CCCc3c2[nH]c2ccc(Br)cc32)cc1. The molecule has 2 aliphatic carbocycles. The van der Waals surface area contributed by atoms with Gasteiger partial charge in [0.1, 0.15) is 0 Å². The van der Waals surface area contributed by atoms with E-state index in [4.69, 9.17) is 9.31 Å². The van der Waals surface area contributed by atoms with Crippen molar-refractivity contribution in [1.29, 1.82) is 0 Å². The minimum absolute atomic E-state index is 0.307. The normalized spacial score (nSPS) is 19.8. The van der Waals surface area contributed by atoms with Crippen molar-refractivity contribution in [2.75, 3.05) is 0 Å². The number of H-pyrrole nitrogens is 2. The molecule has 0 amide bonds. The minimum Gasteiger partial charge on any atom is -0.423 e. The Morgan fingerprint density at radius 2 is 1.12 bits per heavy atom. The third kappa shape index (κ3) is 8.22. The highest BCUT2D eigenvalue weighted by molar-refractivity contribution is 9.10. The van der Waals surface area contributed by atoms with Crippen molar-refractivity contribution in [3.05, 3.63) is 128 Å². The standard InChI is InChI=1S/C25H30BBrN2O2.C19H20BBrN2O2/c1-24(2)25(3,4)31-26(30-24)17-10-8-16(9-11-17)15-28-22-7-5-6-19-20-14-18(27)12-13-21(20)29-23(19)22;21-14-8-9-17-16(10-14)15-2-1-3-18(19(15)23-17)22-11-12-4-6-13(7-5-12)20(24)25/h8-14,22,28-29H,5-7,15H2,1-4H3;4-10,18,22-25H,1-3,11H2/t22-;18-/m11/s1. The van der Waals surface area contributed by atoms with E-state index in [0.717, 1.165) is 58.7 Å². The molecule has 0 saturated carbocycles. The topological polar surface area (TPSA) is 115 Å². The lowest BCUT2D eigenvalue weighted by Gasteiger charge is -2.32. The summed E-state index contributed by atoms with van der Waals surface area (Å²) >= 11 is 7.19. The van der Waals surface area contributed by atoms with Crippen molar-refractivity contribution < 1.29 is 19.4 Å². The number of aromatic nitrogens is 2. The summed E-state index contributed by atoms with van der Waals surface area (Å²) in [4.78, 5) is 7.28. The lowest BCUT2D eigenvalue weighted by atomic mass is 9.79. The highest BCUT2D eigenvalue weighted by Crippen LogP contribution is 2.38. The summed E-state index contributed by atoms with van der Waals surface area (Å²) in [7, 11) is -1.72. The largest absolute Gasteiger partial charge is 0.494 e. The van der Waals surface area contributed by atoms with Gasteiger partial charge in [0.25, 0.3) is 0 Å². The molecular formula is C44H50B2Br2N4O4. The van der Waals surface area contributed by atoms with Gasteiger partial charge in [0.15, 0.2) is 0 Å². The van der Waals surface area contributed by atoms with Crippen LogP contribution >= 0.6 is 31.9 Å². The van der Waals surface area contributed by atoms with E-state index in [-0.39, 0.29) is 18.3 Å². The average molecular weight is 880 g/mol. The van der Waals surface area contributed by atoms with E-state index in [9.17, 15) is 10.0 Å². The van der Waals surface area contributed by atoms with Crippen LogP contribution in [0.4, 0.5) is 0 Å². The number of aromatic amines is 2. The Balaban J connectivity index is 0.000000161. The maximum Gasteiger partial charge on any atom is 0.494 e. The molecule has 1 saturated heterocycles. The smallest absolute Gasteiger partial charge is 0.423 e. The summed E-state index contributed by atoms with van der Waals surface area (Å²) in [5, 5.41) is 28.5. The summed E-state index contributed by atoms with van der Waals surface area (Å²) < 4.78 is 14.6. The van der Waals surface area contributed by atoms with E-state index in [2.05, 4.69) is 141 Å². The van der Waals surface area contributed by atoms with Crippen LogP contribution in [0.2, 0.25) is 0 Å². The Morgan fingerprint density at radius 1 is 0.679 bits per heavy atom. The van der Waals surface area contributed by atoms with Crippen LogP contribution in [-0.4, -0.2) is 45.5 Å². The summed E-state index contributed by atoms with van der Waals surface area (Å²) in [5.41, 5.74) is 11.4. The van der Waals surface area contributed by atoms with Crippen LogP contribution < -0.4 is 21.6 Å². The minimum atomic E-state index is -1.41. The molecule has 6 N–H and O–H groups in total. The zero-order valence-electron chi connectivity index (χ0n) is 32.5. The number of benzene rings is 4. The number of halogens is 2. The molecule has 2 atom stereocenters. The van der Waals surface area contributed by atoms with Crippen molar-refractivity contribution >= 4 is 78.8 Å². The molecule has 8 nitrogen and oxygen atoms in total. The fourth-order valence-electron chi connectivity index (χ4n) is 8.34. The van der Waals surface area contributed by atoms with Gasteiger partial charge in [-0.1, -0.05) is 80.4 Å². The number of hydrogen-bond acceptors (Lipinski definition) is 6. The van der Waals surface area contributed by atoms with Crippen molar-refractivity contribution in [2.45, 2.75) is 103 Å². The second-order valence-electron chi connectivity index (χ2n) is 16.5. The quantitative estimate of drug-likeness (QED) is 0.0861. The number of fused-ring (bicyclic) bond motifs is 6. The lowest BCUT2D eigenvalue weighted by Crippen LogP contribution is -2.41. The van der Waals surface area contributed by atoms with Crippen LogP contribution in [0.5, 0.6) is 0 Å². The zero-order valence-corrected chi connectivity index (χ0v) is 35.7. The van der Waals surface area contributed by atoms with Gasteiger partial charge < -0.3 is 40.0 Å². The summed E-state index contributed by atoms with van der Waals surface area (Å²) in [5.74, 6) is 0. The molecule has 0 spiro atoms. The van der Waals surface area contributed by atoms with Gasteiger partial charge in [-0.25, -0.2) is 0 Å². The van der Waals surface area contributed by atoms with Crippen molar-refractivity contribution in [3.8, 4) is 0 Å². The van der Waals surface area contributed by atoms with Gasteiger partial charge >= 0.3 is 14.2 Å². The predicted octanol–water partition coefficient (Wildman–Crippen LogP) is 8.17. The first kappa shape index (κ1) is 39.6. The van der Waals surface area contributed by atoms with Gasteiger partial charge in [-0.2, -0.15) is 0 Å². The number of hydrogen-bond donors (Lipinski definition) is 6. The Hall–Kier alpha value is -3.19.